The van der Waals surface area contributed by atoms with Gasteiger partial charge in [-0.1, -0.05) is 30.3 Å². The molecular weight excluding hydrogens is 377 g/mol. The van der Waals surface area contributed by atoms with Crippen molar-refractivity contribution in [2.75, 3.05) is 13.2 Å². The summed E-state index contributed by atoms with van der Waals surface area (Å²) in [5.74, 6) is -0.226. The molecule has 1 fully saturated rings. The Bertz CT molecular complexity index is 884. The van der Waals surface area contributed by atoms with Crippen LogP contribution in [0.1, 0.15) is 42.9 Å². The average Bonchev–Trinajstić information content (AvgIpc) is 2.99. The number of nitrogens with one attached hydrogen (secondary N) is 1. The van der Waals surface area contributed by atoms with Crippen molar-refractivity contribution < 1.29 is 23.8 Å². The summed E-state index contributed by atoms with van der Waals surface area (Å²) in [4.78, 5) is 28.6. The molecule has 3 rings (SSSR count). The molecule has 0 saturated carbocycles. The van der Waals surface area contributed by atoms with Gasteiger partial charge in [0.05, 0.1) is 6.04 Å². The molecule has 2 atom stereocenters. The van der Waals surface area contributed by atoms with Gasteiger partial charge in [-0.15, -0.1) is 0 Å². The predicted octanol–water partition coefficient (Wildman–Crippen LogP) is 3.62. The Hall–Kier alpha value is -3.00. The first kappa shape index (κ1) is 20.7. The lowest BCUT2D eigenvalue weighted by atomic mass is 9.99. The van der Waals surface area contributed by atoms with Crippen LogP contribution < -0.4 is 5.32 Å². The number of halogens is 1. The van der Waals surface area contributed by atoms with Crippen molar-refractivity contribution in [1.29, 1.82) is 0 Å². The minimum absolute atomic E-state index is 0.226. The van der Waals surface area contributed by atoms with Gasteiger partial charge in [-0.2, -0.15) is 0 Å². The molecule has 1 aromatic heterocycles. The van der Waals surface area contributed by atoms with Crippen LogP contribution in [0.15, 0.2) is 42.6 Å². The quantitative estimate of drug-likeness (QED) is 0.798. The van der Waals surface area contributed by atoms with Gasteiger partial charge in [-0.05, 0) is 38.0 Å². The van der Waals surface area contributed by atoms with E-state index in [0.717, 1.165) is 16.0 Å². The topological polar surface area (TPSA) is 91.8 Å². The summed E-state index contributed by atoms with van der Waals surface area (Å²) in [6.45, 7) is 4.75. The maximum atomic E-state index is 13.7. The number of aromatic nitrogens is 1. The van der Waals surface area contributed by atoms with Crippen LogP contribution in [0.3, 0.4) is 0 Å². The van der Waals surface area contributed by atoms with E-state index in [-0.39, 0.29) is 5.91 Å². The van der Waals surface area contributed by atoms with Crippen LogP contribution in [0, 0.1) is 0 Å². The molecule has 154 valence electrons. The average molecular weight is 401 g/mol. The monoisotopic (exact) mass is 401 g/mol. The van der Waals surface area contributed by atoms with E-state index in [1.165, 1.54) is 0 Å². The van der Waals surface area contributed by atoms with E-state index in [4.69, 9.17) is 4.74 Å². The zero-order valence-electron chi connectivity index (χ0n) is 16.6. The van der Waals surface area contributed by atoms with Crippen LogP contribution in [0.2, 0.25) is 0 Å². The molecule has 0 aliphatic carbocycles. The lowest BCUT2D eigenvalue weighted by Crippen LogP contribution is -2.48. The van der Waals surface area contributed by atoms with Crippen LogP contribution in [0.25, 0.3) is 11.1 Å². The van der Waals surface area contributed by atoms with E-state index in [0.29, 0.717) is 17.8 Å². The largest absolute Gasteiger partial charge is 0.465 e. The van der Waals surface area contributed by atoms with E-state index in [9.17, 15) is 19.1 Å². The Morgan fingerprint density at radius 2 is 1.86 bits per heavy atom. The molecule has 0 bridgehead atoms. The van der Waals surface area contributed by atoms with Gasteiger partial charge < -0.3 is 15.2 Å². The van der Waals surface area contributed by atoms with Gasteiger partial charge >= 0.3 is 6.09 Å². The number of nitrogens with zero attached hydrogens (tertiary/aromatic N) is 2. The third kappa shape index (κ3) is 4.07. The number of amides is 2. The number of carbonyl (C=O) groups is 2. The highest BCUT2D eigenvalue weighted by atomic mass is 19.1. The highest BCUT2D eigenvalue weighted by molar-refractivity contribution is 5.92. The Kier molecular flexibility index (Phi) is 5.83. The van der Waals surface area contributed by atoms with Crippen molar-refractivity contribution in [3.8, 4) is 11.1 Å². The first-order valence-electron chi connectivity index (χ1n) is 9.39. The summed E-state index contributed by atoms with van der Waals surface area (Å²) in [5, 5.41) is 12.1. The van der Waals surface area contributed by atoms with Crippen LogP contribution in [0.5, 0.6) is 0 Å². The summed E-state index contributed by atoms with van der Waals surface area (Å²) in [6.07, 6.45) is -0.292. The van der Waals surface area contributed by atoms with Crippen molar-refractivity contribution in [3.05, 3.63) is 53.9 Å². The summed E-state index contributed by atoms with van der Waals surface area (Å²) in [5.41, 5.74) is 1.61. The maximum Gasteiger partial charge on any atom is 0.410 e. The Labute approximate surface area is 168 Å². The van der Waals surface area contributed by atoms with Gasteiger partial charge in [0.1, 0.15) is 24.2 Å². The molecule has 2 amide bonds. The number of hydrogen-bond acceptors (Lipinski definition) is 4. The number of benzene rings is 1. The van der Waals surface area contributed by atoms with Gasteiger partial charge in [0.15, 0.2) is 0 Å². The fraction of sp³-hybridized carbons (Fsp3) is 0.381. The first-order chi connectivity index (χ1) is 13.8. The molecule has 8 heteroatoms. The van der Waals surface area contributed by atoms with Crippen LogP contribution in [0.4, 0.5) is 9.18 Å². The lowest BCUT2D eigenvalue weighted by molar-refractivity contribution is -0.0674. The van der Waals surface area contributed by atoms with Gasteiger partial charge in [-0.25, -0.2) is 9.18 Å². The minimum Gasteiger partial charge on any atom is -0.465 e. The molecule has 1 aliphatic rings. The molecular formula is C21H24FN3O4. The van der Waals surface area contributed by atoms with Gasteiger partial charge in [0.25, 0.3) is 5.91 Å². The fourth-order valence-corrected chi connectivity index (χ4v) is 3.61. The minimum atomic E-state index is -1.21. The van der Waals surface area contributed by atoms with Crippen molar-refractivity contribution in [1.82, 2.24) is 15.2 Å². The molecule has 2 aromatic rings. The molecule has 0 spiro atoms. The number of ether oxygens (including phenoxy) is 1. The second kappa shape index (κ2) is 8.16. The Morgan fingerprint density at radius 1 is 1.21 bits per heavy atom. The van der Waals surface area contributed by atoms with Crippen LogP contribution in [-0.2, 0) is 4.74 Å². The van der Waals surface area contributed by atoms with Crippen LogP contribution in [-0.4, -0.2) is 52.0 Å². The van der Waals surface area contributed by atoms with Gasteiger partial charge in [0, 0.05) is 18.3 Å². The number of carboxylic acid groups (broad SMARTS) is 1. The Balaban J connectivity index is 1.81. The van der Waals surface area contributed by atoms with Crippen molar-refractivity contribution >= 4 is 12.0 Å². The second-order valence-corrected chi connectivity index (χ2v) is 7.27. The highest BCUT2D eigenvalue weighted by Gasteiger charge is 2.50. The molecule has 7 nitrogen and oxygen atoms in total. The molecule has 2 heterocycles. The molecule has 1 saturated heterocycles. The van der Waals surface area contributed by atoms with Crippen molar-refractivity contribution in [3.63, 3.8) is 0 Å². The summed E-state index contributed by atoms with van der Waals surface area (Å²) >= 11 is 0. The van der Waals surface area contributed by atoms with E-state index in [2.05, 4.69) is 10.3 Å². The van der Waals surface area contributed by atoms with Crippen LogP contribution >= 0.6 is 0 Å². The number of pyridine rings is 1. The third-order valence-electron chi connectivity index (χ3n) is 4.95. The normalized spacial score (nSPS) is 20.5. The summed E-state index contributed by atoms with van der Waals surface area (Å²) in [7, 11) is 0. The van der Waals surface area contributed by atoms with E-state index >= 15 is 0 Å². The van der Waals surface area contributed by atoms with Gasteiger partial charge in [0.2, 0.25) is 0 Å². The second-order valence-electron chi connectivity index (χ2n) is 7.27. The van der Waals surface area contributed by atoms with Crippen molar-refractivity contribution in [2.24, 2.45) is 0 Å². The van der Waals surface area contributed by atoms with Gasteiger partial charge in [-0.3, -0.25) is 14.7 Å². The SMILES string of the molecule is CCNC(=O)c1ccc(-c2ccc([C@H]3OC(C)(C)N(C(=O)O)[C@@H]3CF)cc2)cn1. The molecule has 29 heavy (non-hydrogen) atoms. The maximum absolute atomic E-state index is 13.7. The fourth-order valence-electron chi connectivity index (χ4n) is 3.61. The number of alkyl halides is 1. The molecule has 2 N–H and O–H groups in total. The highest BCUT2D eigenvalue weighted by Crippen LogP contribution is 2.41. The zero-order chi connectivity index (χ0) is 21.2. The lowest BCUT2D eigenvalue weighted by Gasteiger charge is -2.29. The first-order valence-corrected chi connectivity index (χ1v) is 9.39. The number of hydrogen-bond donors (Lipinski definition) is 2. The molecule has 0 radical (unpaired) electrons. The summed E-state index contributed by atoms with van der Waals surface area (Å²) in [6, 6.07) is 9.81. The van der Waals surface area contributed by atoms with Crippen molar-refractivity contribution in [2.45, 2.75) is 38.6 Å². The van der Waals surface area contributed by atoms with E-state index in [1.807, 2.05) is 19.1 Å². The predicted molar refractivity (Wildman–Crippen MR) is 105 cm³/mol. The standard InChI is InChI=1S/C21H24FN3O4/c1-4-23-19(26)16-10-9-15(12-24-16)13-5-7-14(8-6-13)18-17(11-22)25(20(27)28)21(2,3)29-18/h5-10,12,17-18H,4,11H2,1-3H3,(H,23,26)(H,27,28)/t17-,18-/m1/s1. The smallest absolute Gasteiger partial charge is 0.410 e. The molecule has 0 unspecified atom stereocenters. The summed E-state index contributed by atoms with van der Waals surface area (Å²) < 4.78 is 19.5. The Morgan fingerprint density at radius 3 is 2.38 bits per heavy atom. The van der Waals surface area contributed by atoms with E-state index < -0.39 is 30.6 Å². The zero-order valence-corrected chi connectivity index (χ0v) is 16.6. The molecule has 1 aromatic carbocycles. The van der Waals surface area contributed by atoms with E-state index in [1.54, 1.807) is 44.3 Å². The third-order valence-corrected chi connectivity index (χ3v) is 4.95. The number of carbonyl (C=O) groups excluding carboxylic acids is 1. The number of rotatable bonds is 5. The molecule has 1 aliphatic heterocycles.